The van der Waals surface area contributed by atoms with E-state index < -0.39 is 17.7 Å². The minimum atomic E-state index is -0.653. The molecule has 2 aromatic rings. The number of ketones is 1. The van der Waals surface area contributed by atoms with Gasteiger partial charge in [0, 0.05) is 23.5 Å². The number of carbonyl (C=O) groups is 2. The van der Waals surface area contributed by atoms with Crippen molar-refractivity contribution in [3.8, 4) is 5.75 Å². The Morgan fingerprint density at radius 3 is 2.69 bits per heavy atom. The summed E-state index contributed by atoms with van der Waals surface area (Å²) in [5, 5.41) is 12.9. The molecule has 0 bridgehead atoms. The average Bonchev–Trinajstić information content (AvgIpc) is 3.32. The highest BCUT2D eigenvalue weighted by Gasteiger charge is 2.46. The molecule has 1 aliphatic rings. The zero-order valence-corrected chi connectivity index (χ0v) is 17.7. The number of hydrogen-bond donors (Lipinski definition) is 1. The van der Waals surface area contributed by atoms with E-state index in [2.05, 4.69) is 0 Å². The Kier molecular flexibility index (Phi) is 6.71. The lowest BCUT2D eigenvalue weighted by Gasteiger charge is -2.25. The molecule has 1 aromatic carbocycles. The normalized spacial score (nSPS) is 18.6. The molecule has 1 saturated heterocycles. The van der Waals surface area contributed by atoms with Gasteiger partial charge in [0.05, 0.1) is 18.2 Å². The maximum atomic E-state index is 12.9. The Labute approximate surface area is 175 Å². The number of amides is 1. The van der Waals surface area contributed by atoms with Crippen LogP contribution in [0.2, 0.25) is 0 Å². The number of nitrogens with zero attached hydrogens (tertiary/aromatic N) is 2. The van der Waals surface area contributed by atoms with Crippen molar-refractivity contribution in [1.82, 2.24) is 9.80 Å². The van der Waals surface area contributed by atoms with Gasteiger partial charge in [-0.2, -0.15) is 0 Å². The van der Waals surface area contributed by atoms with Crippen LogP contribution in [0.5, 0.6) is 5.75 Å². The monoisotopic (exact) mass is 414 g/mol. The molecule has 7 heteroatoms. The molecule has 1 fully saturated rings. The molecule has 0 saturated carbocycles. The second-order valence-electron chi connectivity index (χ2n) is 7.19. The topological polar surface area (TPSA) is 70.1 Å². The number of likely N-dealkylation sites (N-methyl/N-ethyl adjacent to an activating group) is 1. The maximum absolute atomic E-state index is 12.9. The predicted molar refractivity (Wildman–Crippen MR) is 114 cm³/mol. The van der Waals surface area contributed by atoms with Gasteiger partial charge in [-0.3, -0.25) is 9.59 Å². The van der Waals surface area contributed by atoms with Crippen molar-refractivity contribution in [2.75, 3.05) is 33.8 Å². The minimum Gasteiger partial charge on any atom is -0.507 e. The van der Waals surface area contributed by atoms with E-state index in [1.165, 1.54) is 11.3 Å². The third-order valence-corrected chi connectivity index (χ3v) is 5.65. The third-order valence-electron chi connectivity index (χ3n) is 4.72. The van der Waals surface area contributed by atoms with Crippen LogP contribution in [0.1, 0.15) is 29.8 Å². The molecule has 6 nitrogen and oxygen atoms in total. The summed E-state index contributed by atoms with van der Waals surface area (Å²) in [7, 11) is 3.83. The number of Topliss-reactive ketones (excluding diaryl/α,β-unsaturated/α-hetero) is 1. The molecule has 0 unspecified atom stereocenters. The SMILES string of the molecule is CCCOc1cccc(C(O)=C2C(=O)C(=O)N(CCN(C)C)[C@@H]2c2cccs2)c1. The lowest BCUT2D eigenvalue weighted by Crippen LogP contribution is -2.35. The summed E-state index contributed by atoms with van der Waals surface area (Å²) in [5.41, 5.74) is 0.592. The number of carbonyl (C=O) groups excluding carboxylic acids is 2. The molecule has 1 N–H and O–H groups in total. The van der Waals surface area contributed by atoms with E-state index in [1.54, 1.807) is 29.2 Å². The molecule has 1 aliphatic heterocycles. The lowest BCUT2D eigenvalue weighted by molar-refractivity contribution is -0.140. The second kappa shape index (κ2) is 9.24. The first kappa shape index (κ1) is 21.1. The number of thiophene rings is 1. The zero-order chi connectivity index (χ0) is 21.0. The van der Waals surface area contributed by atoms with Gasteiger partial charge in [-0.1, -0.05) is 25.1 Å². The average molecular weight is 415 g/mol. The van der Waals surface area contributed by atoms with E-state index in [4.69, 9.17) is 4.74 Å². The number of hydrogen-bond acceptors (Lipinski definition) is 6. The van der Waals surface area contributed by atoms with Crippen LogP contribution in [0.4, 0.5) is 0 Å². The van der Waals surface area contributed by atoms with Gasteiger partial charge in [0.2, 0.25) is 0 Å². The lowest BCUT2D eigenvalue weighted by atomic mass is 9.99. The van der Waals surface area contributed by atoms with Crippen LogP contribution in [-0.4, -0.2) is 60.4 Å². The molecule has 1 aromatic heterocycles. The summed E-state index contributed by atoms with van der Waals surface area (Å²) in [6.45, 7) is 3.60. The highest BCUT2D eigenvalue weighted by Crippen LogP contribution is 2.41. The summed E-state index contributed by atoms with van der Waals surface area (Å²) >= 11 is 1.46. The second-order valence-corrected chi connectivity index (χ2v) is 8.17. The van der Waals surface area contributed by atoms with E-state index in [1.807, 2.05) is 43.4 Å². The smallest absolute Gasteiger partial charge is 0.295 e. The summed E-state index contributed by atoms with van der Waals surface area (Å²) in [5.74, 6) is -0.786. The van der Waals surface area contributed by atoms with Crippen LogP contribution in [0.15, 0.2) is 47.4 Å². The fourth-order valence-corrected chi connectivity index (χ4v) is 4.12. The molecule has 0 aliphatic carbocycles. The highest BCUT2D eigenvalue weighted by atomic mass is 32.1. The fraction of sp³-hybridized carbons (Fsp3) is 0.364. The van der Waals surface area contributed by atoms with E-state index in [9.17, 15) is 14.7 Å². The largest absolute Gasteiger partial charge is 0.507 e. The van der Waals surface area contributed by atoms with Gasteiger partial charge in [-0.25, -0.2) is 0 Å². The van der Waals surface area contributed by atoms with Crippen molar-refractivity contribution in [2.45, 2.75) is 19.4 Å². The number of ether oxygens (including phenoxy) is 1. The van der Waals surface area contributed by atoms with Crippen molar-refractivity contribution in [3.05, 3.63) is 57.8 Å². The van der Waals surface area contributed by atoms with Gasteiger partial charge in [-0.05, 0) is 44.1 Å². The zero-order valence-electron chi connectivity index (χ0n) is 16.9. The fourth-order valence-electron chi connectivity index (χ4n) is 3.27. The van der Waals surface area contributed by atoms with Crippen LogP contribution in [-0.2, 0) is 9.59 Å². The maximum Gasteiger partial charge on any atom is 0.295 e. The van der Waals surface area contributed by atoms with E-state index in [-0.39, 0.29) is 11.3 Å². The number of aliphatic hydroxyl groups excluding tert-OH is 1. The first-order chi connectivity index (χ1) is 13.9. The molecular formula is C22H26N2O4S. The van der Waals surface area contributed by atoms with Crippen molar-refractivity contribution in [2.24, 2.45) is 0 Å². The van der Waals surface area contributed by atoms with Crippen molar-refractivity contribution in [1.29, 1.82) is 0 Å². The summed E-state index contributed by atoms with van der Waals surface area (Å²) in [4.78, 5) is 30.0. The molecule has 0 spiro atoms. The Balaban J connectivity index is 2.04. The molecule has 154 valence electrons. The minimum absolute atomic E-state index is 0.129. The highest BCUT2D eigenvalue weighted by molar-refractivity contribution is 7.10. The summed E-state index contributed by atoms with van der Waals surface area (Å²) in [6, 6.07) is 10.2. The van der Waals surface area contributed by atoms with Gasteiger partial charge < -0.3 is 19.6 Å². The quantitative estimate of drug-likeness (QED) is 0.407. The Morgan fingerprint density at radius 1 is 1.24 bits per heavy atom. The Hall–Kier alpha value is -2.64. The first-order valence-electron chi connectivity index (χ1n) is 9.63. The van der Waals surface area contributed by atoms with Gasteiger partial charge in [0.1, 0.15) is 11.5 Å². The predicted octanol–water partition coefficient (Wildman–Crippen LogP) is 3.52. The molecule has 1 atom stereocenters. The van der Waals surface area contributed by atoms with Crippen molar-refractivity contribution < 1.29 is 19.4 Å². The number of benzene rings is 1. The van der Waals surface area contributed by atoms with E-state index in [0.29, 0.717) is 31.0 Å². The molecule has 1 amide bonds. The van der Waals surface area contributed by atoms with Gasteiger partial charge in [0.15, 0.2) is 0 Å². The Bertz CT molecular complexity index is 905. The number of aliphatic hydroxyl groups is 1. The summed E-state index contributed by atoms with van der Waals surface area (Å²) in [6.07, 6.45) is 0.867. The molecule has 3 rings (SSSR count). The molecule has 29 heavy (non-hydrogen) atoms. The summed E-state index contributed by atoms with van der Waals surface area (Å²) < 4.78 is 5.64. The van der Waals surface area contributed by atoms with Crippen LogP contribution in [0.25, 0.3) is 5.76 Å². The third kappa shape index (κ3) is 4.52. The first-order valence-corrected chi connectivity index (χ1v) is 10.5. The standard InChI is InChI=1S/C22H26N2O4S/c1-4-12-28-16-8-5-7-15(14-16)20(25)18-19(17-9-6-13-29-17)24(11-10-23(2)3)22(27)21(18)26/h5-9,13-14,19,25H,4,10-12H2,1-3H3/t19-/m1/s1. The molecular weight excluding hydrogens is 388 g/mol. The van der Waals surface area contributed by atoms with Crippen LogP contribution >= 0.6 is 11.3 Å². The van der Waals surface area contributed by atoms with Gasteiger partial charge in [0.25, 0.3) is 11.7 Å². The van der Waals surface area contributed by atoms with Crippen LogP contribution in [0, 0.1) is 0 Å². The van der Waals surface area contributed by atoms with Crippen molar-refractivity contribution >= 4 is 28.8 Å². The number of rotatable bonds is 8. The number of likely N-dealkylation sites (tertiary alicyclic amines) is 1. The van der Waals surface area contributed by atoms with Crippen molar-refractivity contribution in [3.63, 3.8) is 0 Å². The van der Waals surface area contributed by atoms with Gasteiger partial charge in [-0.15, -0.1) is 11.3 Å². The van der Waals surface area contributed by atoms with Crippen LogP contribution < -0.4 is 4.74 Å². The van der Waals surface area contributed by atoms with Crippen LogP contribution in [0.3, 0.4) is 0 Å². The molecule has 0 radical (unpaired) electrons. The van der Waals surface area contributed by atoms with Gasteiger partial charge >= 0.3 is 0 Å². The molecule has 2 heterocycles. The van der Waals surface area contributed by atoms with E-state index >= 15 is 0 Å². The Morgan fingerprint density at radius 2 is 2.03 bits per heavy atom. The van der Waals surface area contributed by atoms with E-state index in [0.717, 1.165) is 11.3 Å².